The summed E-state index contributed by atoms with van der Waals surface area (Å²) < 4.78 is 2.11. The summed E-state index contributed by atoms with van der Waals surface area (Å²) >= 11 is 0. The summed E-state index contributed by atoms with van der Waals surface area (Å²) in [4.78, 5) is 33.4. The average molecular weight is 400 g/mol. The Kier molecular flexibility index (Phi) is 4.24. The molecule has 2 aliphatic heterocycles. The van der Waals surface area contributed by atoms with Crippen molar-refractivity contribution in [3.8, 4) is 0 Å². The zero-order valence-corrected chi connectivity index (χ0v) is 17.4. The Morgan fingerprint density at radius 1 is 1.27 bits per heavy atom. The molecule has 5 rings (SSSR count). The SMILES string of the molecule is CC(=O)CC1CC=C2c3cnccc3N(Cc3cn(C)c4cccc(C)c34)C(=O)N21. The number of benzene rings is 1. The lowest BCUT2D eigenvalue weighted by Crippen LogP contribution is -2.48. The van der Waals surface area contributed by atoms with Crippen molar-refractivity contribution in [1.82, 2.24) is 14.5 Å². The summed E-state index contributed by atoms with van der Waals surface area (Å²) in [5.74, 6) is 0.0932. The Morgan fingerprint density at radius 2 is 2.10 bits per heavy atom. The lowest BCUT2D eigenvalue weighted by atomic mass is 10.0. The maximum atomic E-state index is 13.7. The highest BCUT2D eigenvalue weighted by molar-refractivity contribution is 6.06. The second kappa shape index (κ2) is 6.83. The molecule has 30 heavy (non-hydrogen) atoms. The number of Topliss-reactive ketones (excluding diaryl/α,β-unsaturated/α-hetero) is 1. The predicted molar refractivity (Wildman–Crippen MR) is 117 cm³/mol. The Morgan fingerprint density at radius 3 is 2.90 bits per heavy atom. The molecule has 3 aromatic rings. The molecule has 0 aliphatic carbocycles. The molecule has 2 amide bonds. The highest BCUT2D eigenvalue weighted by atomic mass is 16.2. The van der Waals surface area contributed by atoms with Crippen molar-refractivity contribution in [2.45, 2.75) is 39.3 Å². The second-order valence-corrected chi connectivity index (χ2v) is 8.25. The highest BCUT2D eigenvalue weighted by Gasteiger charge is 2.41. The van der Waals surface area contributed by atoms with E-state index in [9.17, 15) is 9.59 Å². The average Bonchev–Trinajstić information content (AvgIpc) is 3.27. The number of rotatable bonds is 4. The maximum Gasteiger partial charge on any atom is 0.329 e. The fourth-order valence-electron chi connectivity index (χ4n) is 4.88. The number of nitrogens with zero attached hydrogens (tertiary/aromatic N) is 4. The van der Waals surface area contributed by atoms with Gasteiger partial charge in [0.15, 0.2) is 0 Å². The number of amides is 2. The van der Waals surface area contributed by atoms with Crippen molar-refractivity contribution >= 4 is 34.1 Å². The summed E-state index contributed by atoms with van der Waals surface area (Å²) in [6.45, 7) is 4.15. The standard InChI is InChI=1S/C24H24N4O2/c1-15-5-4-6-22-23(15)17(13-26(22)3)14-27-20-9-10-25-12-19(20)21-8-7-18(11-16(2)29)28(21)24(27)30/h4-6,8-10,12-13,18H,7,11,14H2,1-3H3. The van der Waals surface area contributed by atoms with Gasteiger partial charge in [-0.05, 0) is 43.5 Å². The number of hydrogen-bond acceptors (Lipinski definition) is 3. The summed E-state index contributed by atoms with van der Waals surface area (Å²) in [5, 5.41) is 1.19. The Hall–Kier alpha value is -3.41. The summed E-state index contributed by atoms with van der Waals surface area (Å²) in [7, 11) is 2.03. The number of carbonyl (C=O) groups excluding carboxylic acids is 2. The zero-order valence-electron chi connectivity index (χ0n) is 17.4. The highest BCUT2D eigenvalue weighted by Crippen LogP contribution is 2.42. The molecule has 6 nitrogen and oxygen atoms in total. The zero-order chi connectivity index (χ0) is 21.0. The van der Waals surface area contributed by atoms with Crippen LogP contribution in [-0.2, 0) is 18.4 Å². The van der Waals surface area contributed by atoms with E-state index in [1.165, 1.54) is 10.9 Å². The van der Waals surface area contributed by atoms with Gasteiger partial charge in [0.25, 0.3) is 0 Å². The number of aromatic nitrogens is 2. The van der Waals surface area contributed by atoms with Gasteiger partial charge in [-0.1, -0.05) is 18.2 Å². The lowest BCUT2D eigenvalue weighted by Gasteiger charge is -2.39. The number of aryl methyl sites for hydroxylation is 2. The topological polar surface area (TPSA) is 58.4 Å². The van der Waals surface area contributed by atoms with E-state index in [0.717, 1.165) is 28.0 Å². The van der Waals surface area contributed by atoms with E-state index in [-0.39, 0.29) is 17.9 Å². The Labute approximate surface area is 175 Å². The molecule has 1 aromatic carbocycles. The normalized spacial score (nSPS) is 17.9. The van der Waals surface area contributed by atoms with Gasteiger partial charge < -0.3 is 4.57 Å². The van der Waals surface area contributed by atoms with Crippen molar-refractivity contribution in [3.63, 3.8) is 0 Å². The van der Waals surface area contributed by atoms with Crippen LogP contribution in [0.15, 0.2) is 48.9 Å². The smallest absolute Gasteiger partial charge is 0.329 e. The first kappa shape index (κ1) is 18.6. The van der Waals surface area contributed by atoms with Gasteiger partial charge >= 0.3 is 6.03 Å². The van der Waals surface area contributed by atoms with Gasteiger partial charge in [-0.15, -0.1) is 0 Å². The molecule has 0 radical (unpaired) electrons. The number of carbonyl (C=O) groups is 2. The number of hydrogen-bond donors (Lipinski definition) is 0. The third-order valence-electron chi connectivity index (χ3n) is 6.16. The molecule has 0 spiro atoms. The first-order valence-electron chi connectivity index (χ1n) is 10.2. The van der Waals surface area contributed by atoms with E-state index in [2.05, 4.69) is 46.9 Å². The largest absolute Gasteiger partial charge is 0.350 e. The molecule has 0 bridgehead atoms. The van der Waals surface area contributed by atoms with Crippen LogP contribution in [0.3, 0.4) is 0 Å². The van der Waals surface area contributed by atoms with Gasteiger partial charge in [-0.3, -0.25) is 19.6 Å². The predicted octanol–water partition coefficient (Wildman–Crippen LogP) is 4.42. The van der Waals surface area contributed by atoms with Crippen molar-refractivity contribution < 1.29 is 9.59 Å². The number of pyridine rings is 1. The molecule has 0 N–H and O–H groups in total. The molecule has 0 saturated carbocycles. The van der Waals surface area contributed by atoms with E-state index in [1.54, 1.807) is 18.0 Å². The lowest BCUT2D eigenvalue weighted by molar-refractivity contribution is -0.117. The van der Waals surface area contributed by atoms with E-state index >= 15 is 0 Å². The van der Waals surface area contributed by atoms with Gasteiger partial charge in [-0.25, -0.2) is 4.79 Å². The molecule has 1 unspecified atom stereocenters. The Balaban J connectivity index is 1.61. The molecular weight excluding hydrogens is 376 g/mol. The van der Waals surface area contributed by atoms with Crippen LogP contribution >= 0.6 is 0 Å². The van der Waals surface area contributed by atoms with Crippen molar-refractivity contribution in [1.29, 1.82) is 0 Å². The van der Waals surface area contributed by atoms with Crippen LogP contribution in [0.1, 0.15) is 36.5 Å². The number of fused-ring (bicyclic) bond motifs is 4. The quantitative estimate of drug-likeness (QED) is 0.652. The van der Waals surface area contributed by atoms with Crippen LogP contribution in [0.2, 0.25) is 0 Å². The van der Waals surface area contributed by atoms with Crippen molar-refractivity contribution in [2.24, 2.45) is 7.05 Å². The molecule has 2 aliphatic rings. The summed E-state index contributed by atoms with van der Waals surface area (Å²) in [6, 6.07) is 7.96. The van der Waals surface area contributed by atoms with Crippen LogP contribution in [0.25, 0.3) is 16.6 Å². The third-order valence-corrected chi connectivity index (χ3v) is 6.16. The van der Waals surface area contributed by atoms with E-state index < -0.39 is 0 Å². The minimum absolute atomic E-state index is 0.0747. The minimum atomic E-state index is -0.130. The monoisotopic (exact) mass is 400 g/mol. The molecule has 2 aromatic heterocycles. The molecule has 6 heteroatoms. The van der Waals surface area contributed by atoms with Gasteiger partial charge in [-0.2, -0.15) is 0 Å². The number of ketones is 1. The fraction of sp³-hybridized carbons (Fsp3) is 0.292. The molecule has 4 heterocycles. The molecule has 0 fully saturated rings. The van der Waals surface area contributed by atoms with Gasteiger partial charge in [0.2, 0.25) is 0 Å². The summed E-state index contributed by atoms with van der Waals surface area (Å²) in [5.41, 5.74) is 6.14. The fourth-order valence-corrected chi connectivity index (χ4v) is 4.88. The van der Waals surface area contributed by atoms with Crippen LogP contribution in [0, 0.1) is 6.92 Å². The first-order valence-corrected chi connectivity index (χ1v) is 10.2. The van der Waals surface area contributed by atoms with Crippen LogP contribution < -0.4 is 4.90 Å². The maximum absolute atomic E-state index is 13.7. The van der Waals surface area contributed by atoms with Gasteiger partial charge in [0.1, 0.15) is 5.78 Å². The van der Waals surface area contributed by atoms with Crippen molar-refractivity contribution in [3.05, 3.63) is 65.6 Å². The van der Waals surface area contributed by atoms with Crippen LogP contribution in [-0.4, -0.2) is 32.3 Å². The van der Waals surface area contributed by atoms with E-state index in [0.29, 0.717) is 19.4 Å². The first-order chi connectivity index (χ1) is 14.5. The number of anilines is 1. The van der Waals surface area contributed by atoms with Crippen LogP contribution in [0.4, 0.5) is 10.5 Å². The minimum Gasteiger partial charge on any atom is -0.350 e. The number of urea groups is 1. The molecule has 0 saturated heterocycles. The second-order valence-electron chi connectivity index (χ2n) is 8.25. The third kappa shape index (κ3) is 2.75. The van der Waals surface area contributed by atoms with Gasteiger partial charge in [0.05, 0.1) is 17.9 Å². The van der Waals surface area contributed by atoms with Crippen LogP contribution in [0.5, 0.6) is 0 Å². The van der Waals surface area contributed by atoms with Gasteiger partial charge in [0, 0.05) is 54.6 Å². The molecule has 1 atom stereocenters. The van der Waals surface area contributed by atoms with Crippen molar-refractivity contribution in [2.75, 3.05) is 4.90 Å². The molecule has 152 valence electrons. The molecular formula is C24H24N4O2. The Bertz CT molecular complexity index is 1220. The van der Waals surface area contributed by atoms with E-state index in [1.807, 2.05) is 24.2 Å². The summed E-state index contributed by atoms with van der Waals surface area (Å²) in [6.07, 6.45) is 8.77. The van der Waals surface area contributed by atoms with E-state index in [4.69, 9.17) is 0 Å².